The summed E-state index contributed by atoms with van der Waals surface area (Å²) in [5, 5.41) is 0.573. The molecular weight excluding hydrogens is 361 g/mol. The van der Waals surface area contributed by atoms with Gasteiger partial charge in [0.25, 0.3) is 0 Å². The average Bonchev–Trinajstić information content (AvgIpc) is 2.78. The fourth-order valence-corrected chi connectivity index (χ4v) is 2.86. The van der Waals surface area contributed by atoms with Gasteiger partial charge in [0.1, 0.15) is 11.3 Å². The molecule has 20 heavy (non-hydrogen) atoms. The second-order valence-corrected chi connectivity index (χ2v) is 5.89. The number of halogens is 3. The quantitative estimate of drug-likeness (QED) is 0.629. The van der Waals surface area contributed by atoms with Crippen molar-refractivity contribution in [1.82, 2.24) is 14.5 Å². The molecule has 2 aromatic heterocycles. The molecule has 0 spiro atoms. The maximum absolute atomic E-state index is 5.99. The summed E-state index contributed by atoms with van der Waals surface area (Å²) in [5.41, 5.74) is 2.70. The van der Waals surface area contributed by atoms with Crippen molar-refractivity contribution < 1.29 is 0 Å². The Labute approximate surface area is 134 Å². The Morgan fingerprint density at radius 2 is 2.05 bits per heavy atom. The standard InChI is InChI=1S/C14H10BrCl2N3/c15-11-4-2-1-3-9(11)8-20-13(6-16)19-12-5-10(17)7-18-14(12)20/h1-5,7H,6,8H2. The fraction of sp³-hybridized carbons (Fsp3) is 0.143. The molecule has 1 aromatic carbocycles. The van der Waals surface area contributed by atoms with Gasteiger partial charge in [-0.25, -0.2) is 9.97 Å². The van der Waals surface area contributed by atoms with Crippen LogP contribution < -0.4 is 0 Å². The molecule has 6 heteroatoms. The van der Waals surface area contributed by atoms with Crippen molar-refractivity contribution in [3.63, 3.8) is 0 Å². The van der Waals surface area contributed by atoms with Crippen LogP contribution in [0.15, 0.2) is 41.0 Å². The van der Waals surface area contributed by atoms with Crippen LogP contribution in [-0.4, -0.2) is 14.5 Å². The predicted molar refractivity (Wildman–Crippen MR) is 85.3 cm³/mol. The van der Waals surface area contributed by atoms with E-state index in [-0.39, 0.29) is 0 Å². The molecule has 102 valence electrons. The van der Waals surface area contributed by atoms with E-state index in [9.17, 15) is 0 Å². The van der Waals surface area contributed by atoms with Gasteiger partial charge in [-0.2, -0.15) is 0 Å². The van der Waals surface area contributed by atoms with Gasteiger partial charge in [0.2, 0.25) is 0 Å². The van der Waals surface area contributed by atoms with Crippen molar-refractivity contribution in [2.45, 2.75) is 12.4 Å². The molecule has 3 aromatic rings. The first-order valence-corrected chi connectivity index (χ1v) is 7.69. The highest BCUT2D eigenvalue weighted by molar-refractivity contribution is 9.10. The molecule has 3 rings (SSSR count). The Hall–Kier alpha value is -1.10. The third kappa shape index (κ3) is 2.55. The van der Waals surface area contributed by atoms with Gasteiger partial charge in [-0.3, -0.25) is 0 Å². The van der Waals surface area contributed by atoms with Crippen molar-refractivity contribution in [1.29, 1.82) is 0 Å². The number of benzene rings is 1. The molecular formula is C14H10BrCl2N3. The van der Waals surface area contributed by atoms with E-state index in [0.29, 0.717) is 17.4 Å². The number of aromatic nitrogens is 3. The lowest BCUT2D eigenvalue weighted by molar-refractivity contribution is 0.768. The van der Waals surface area contributed by atoms with Gasteiger partial charge in [0, 0.05) is 10.7 Å². The molecule has 0 N–H and O–H groups in total. The summed E-state index contributed by atoms with van der Waals surface area (Å²) in [7, 11) is 0. The predicted octanol–water partition coefficient (Wildman–Crippen LogP) is 4.63. The topological polar surface area (TPSA) is 30.7 Å². The molecule has 2 heterocycles. The zero-order valence-corrected chi connectivity index (χ0v) is 13.5. The third-order valence-electron chi connectivity index (χ3n) is 3.04. The maximum atomic E-state index is 5.99. The summed E-state index contributed by atoms with van der Waals surface area (Å²) < 4.78 is 3.06. The average molecular weight is 371 g/mol. The molecule has 3 nitrogen and oxygen atoms in total. The second kappa shape index (κ2) is 5.72. The Morgan fingerprint density at radius 3 is 2.80 bits per heavy atom. The number of imidazole rings is 1. The highest BCUT2D eigenvalue weighted by Crippen LogP contribution is 2.23. The van der Waals surface area contributed by atoms with Crippen LogP contribution in [0.25, 0.3) is 11.2 Å². The van der Waals surface area contributed by atoms with Crippen LogP contribution in [0.2, 0.25) is 5.02 Å². The summed E-state index contributed by atoms with van der Waals surface area (Å²) >= 11 is 15.5. The SMILES string of the molecule is ClCc1nc2cc(Cl)cnc2n1Cc1ccccc1Br. The monoisotopic (exact) mass is 369 g/mol. The Kier molecular flexibility index (Phi) is 3.96. The van der Waals surface area contributed by atoms with E-state index in [4.69, 9.17) is 23.2 Å². The number of nitrogens with zero attached hydrogens (tertiary/aromatic N) is 3. The lowest BCUT2D eigenvalue weighted by Crippen LogP contribution is -2.05. The van der Waals surface area contributed by atoms with Gasteiger partial charge in [0.05, 0.1) is 17.4 Å². The van der Waals surface area contributed by atoms with Crippen LogP contribution in [-0.2, 0) is 12.4 Å². The molecule has 0 saturated carbocycles. The number of hydrogen-bond acceptors (Lipinski definition) is 2. The van der Waals surface area contributed by atoms with E-state index in [1.165, 1.54) is 0 Å². The van der Waals surface area contributed by atoms with Gasteiger partial charge in [-0.15, -0.1) is 11.6 Å². The molecule has 0 bridgehead atoms. The molecule has 0 aliphatic heterocycles. The van der Waals surface area contributed by atoms with Gasteiger partial charge in [0.15, 0.2) is 5.65 Å². The molecule has 0 radical (unpaired) electrons. The maximum Gasteiger partial charge on any atom is 0.160 e. The molecule has 0 amide bonds. The van der Waals surface area contributed by atoms with Crippen LogP contribution in [0.1, 0.15) is 11.4 Å². The van der Waals surface area contributed by atoms with E-state index >= 15 is 0 Å². The zero-order valence-electron chi connectivity index (χ0n) is 10.4. The second-order valence-electron chi connectivity index (χ2n) is 4.34. The summed E-state index contributed by atoms with van der Waals surface area (Å²) in [6.07, 6.45) is 1.63. The smallest absolute Gasteiger partial charge is 0.160 e. The van der Waals surface area contributed by atoms with Gasteiger partial charge in [-0.1, -0.05) is 45.7 Å². The number of pyridine rings is 1. The molecule has 0 aliphatic carbocycles. The highest BCUT2D eigenvalue weighted by atomic mass is 79.9. The van der Waals surface area contributed by atoms with Crippen molar-refractivity contribution in [2.75, 3.05) is 0 Å². The van der Waals surface area contributed by atoms with E-state index in [1.54, 1.807) is 12.3 Å². The van der Waals surface area contributed by atoms with Crippen LogP contribution in [0, 0.1) is 0 Å². The minimum absolute atomic E-state index is 0.332. The largest absolute Gasteiger partial charge is 0.307 e. The van der Waals surface area contributed by atoms with Crippen molar-refractivity contribution >= 4 is 50.3 Å². The van der Waals surface area contributed by atoms with Crippen molar-refractivity contribution in [2.24, 2.45) is 0 Å². The van der Waals surface area contributed by atoms with Gasteiger partial charge < -0.3 is 4.57 Å². The first kappa shape index (κ1) is 13.9. The first-order valence-electron chi connectivity index (χ1n) is 5.99. The zero-order chi connectivity index (χ0) is 14.1. The van der Waals surface area contributed by atoms with Gasteiger partial charge in [-0.05, 0) is 17.7 Å². The van der Waals surface area contributed by atoms with Crippen LogP contribution in [0.3, 0.4) is 0 Å². The summed E-state index contributed by atoms with van der Waals surface area (Å²) in [4.78, 5) is 8.86. The van der Waals surface area contributed by atoms with Gasteiger partial charge >= 0.3 is 0 Å². The number of alkyl halides is 1. The van der Waals surface area contributed by atoms with E-state index in [1.807, 2.05) is 22.8 Å². The number of rotatable bonds is 3. The fourth-order valence-electron chi connectivity index (χ4n) is 2.10. The number of hydrogen-bond donors (Lipinski definition) is 0. The molecule has 0 saturated heterocycles. The lowest BCUT2D eigenvalue weighted by atomic mass is 10.2. The normalized spacial score (nSPS) is 11.2. The third-order valence-corrected chi connectivity index (χ3v) is 4.26. The Morgan fingerprint density at radius 1 is 1.25 bits per heavy atom. The van der Waals surface area contributed by atoms with Crippen LogP contribution in [0.5, 0.6) is 0 Å². The van der Waals surface area contributed by atoms with E-state index in [0.717, 1.165) is 27.0 Å². The van der Waals surface area contributed by atoms with E-state index in [2.05, 4.69) is 32.0 Å². The van der Waals surface area contributed by atoms with Crippen LogP contribution in [0.4, 0.5) is 0 Å². The minimum atomic E-state index is 0.332. The van der Waals surface area contributed by atoms with Crippen molar-refractivity contribution in [3.8, 4) is 0 Å². The summed E-state index contributed by atoms with van der Waals surface area (Å²) in [6.45, 7) is 0.661. The number of fused-ring (bicyclic) bond motifs is 1. The first-order chi connectivity index (χ1) is 9.69. The van der Waals surface area contributed by atoms with Crippen LogP contribution >= 0.6 is 39.1 Å². The van der Waals surface area contributed by atoms with Crippen molar-refractivity contribution in [3.05, 3.63) is 57.4 Å². The molecule has 0 atom stereocenters. The molecule has 0 fully saturated rings. The lowest BCUT2D eigenvalue weighted by Gasteiger charge is -2.08. The Bertz CT molecular complexity index is 770. The molecule has 0 aliphatic rings. The molecule has 0 unspecified atom stereocenters. The summed E-state index contributed by atoms with van der Waals surface area (Å²) in [5.74, 6) is 1.12. The Balaban J connectivity index is 2.12. The highest BCUT2D eigenvalue weighted by Gasteiger charge is 2.13. The minimum Gasteiger partial charge on any atom is -0.307 e. The van der Waals surface area contributed by atoms with E-state index < -0.39 is 0 Å². The summed E-state index contributed by atoms with van der Waals surface area (Å²) in [6, 6.07) is 9.86.